The second-order valence-electron chi connectivity index (χ2n) is 4.60. The Morgan fingerprint density at radius 2 is 1.28 bits per heavy atom. The summed E-state index contributed by atoms with van der Waals surface area (Å²) in [4.78, 5) is 0. The lowest BCUT2D eigenvalue weighted by Gasteiger charge is -2.28. The molecule has 2 rings (SSSR count). The van der Waals surface area contributed by atoms with E-state index in [9.17, 15) is 5.11 Å². The molecule has 0 heterocycles. The summed E-state index contributed by atoms with van der Waals surface area (Å²) in [5.74, 6) is 0. The molecule has 0 aliphatic heterocycles. The molecule has 1 heteroatoms. The molecule has 0 spiro atoms. The third-order valence-corrected chi connectivity index (χ3v) is 3.41. The predicted octanol–water partition coefficient (Wildman–Crippen LogP) is 3.73. The van der Waals surface area contributed by atoms with Gasteiger partial charge in [0.1, 0.15) is 5.60 Å². The minimum atomic E-state index is -1.13. The molecular weight excluding hydrogens is 220 g/mol. The Hall–Kier alpha value is -1.86. The lowest BCUT2D eigenvalue weighted by Crippen LogP contribution is -2.26. The molecule has 0 saturated heterocycles. The van der Waals surface area contributed by atoms with E-state index in [1.807, 2.05) is 62.4 Å². The van der Waals surface area contributed by atoms with Crippen LogP contribution in [0.1, 0.15) is 22.3 Å². The number of hydrogen-bond donors (Lipinski definition) is 1. The highest BCUT2D eigenvalue weighted by atomic mass is 16.3. The van der Waals surface area contributed by atoms with Gasteiger partial charge in [-0.1, -0.05) is 61.2 Å². The summed E-state index contributed by atoms with van der Waals surface area (Å²) >= 11 is 0. The van der Waals surface area contributed by atoms with E-state index >= 15 is 0 Å². The number of hydrogen-bond acceptors (Lipinski definition) is 1. The normalized spacial score (nSPS) is 11.3. The van der Waals surface area contributed by atoms with Gasteiger partial charge in [0.15, 0.2) is 0 Å². The molecule has 0 unspecified atom stereocenters. The van der Waals surface area contributed by atoms with Gasteiger partial charge in [-0.25, -0.2) is 0 Å². The van der Waals surface area contributed by atoms with Crippen molar-refractivity contribution < 1.29 is 5.11 Å². The van der Waals surface area contributed by atoms with Crippen LogP contribution in [0.2, 0.25) is 0 Å². The molecule has 18 heavy (non-hydrogen) atoms. The van der Waals surface area contributed by atoms with Crippen molar-refractivity contribution in [1.82, 2.24) is 0 Å². The fourth-order valence-electron chi connectivity index (χ4n) is 2.37. The monoisotopic (exact) mass is 238 g/mol. The van der Waals surface area contributed by atoms with Gasteiger partial charge >= 0.3 is 0 Å². The summed E-state index contributed by atoms with van der Waals surface area (Å²) in [6, 6.07) is 15.7. The maximum Gasteiger partial charge on any atom is 0.133 e. The first-order chi connectivity index (χ1) is 8.59. The second kappa shape index (κ2) is 4.79. The van der Waals surface area contributed by atoms with Crippen molar-refractivity contribution in [3.05, 3.63) is 83.4 Å². The maximum absolute atomic E-state index is 11.0. The Morgan fingerprint density at radius 3 is 1.61 bits per heavy atom. The van der Waals surface area contributed by atoms with Crippen LogP contribution in [0.5, 0.6) is 0 Å². The van der Waals surface area contributed by atoms with Crippen LogP contribution in [-0.2, 0) is 5.60 Å². The molecule has 2 aromatic rings. The van der Waals surface area contributed by atoms with Crippen LogP contribution in [0.4, 0.5) is 0 Å². The van der Waals surface area contributed by atoms with Crippen LogP contribution in [0.25, 0.3) is 0 Å². The van der Waals surface area contributed by atoms with Gasteiger partial charge in [0, 0.05) is 0 Å². The molecule has 0 bridgehead atoms. The topological polar surface area (TPSA) is 20.2 Å². The molecule has 0 aromatic heterocycles. The number of rotatable bonds is 3. The van der Waals surface area contributed by atoms with E-state index in [-0.39, 0.29) is 0 Å². The molecule has 0 aliphatic carbocycles. The maximum atomic E-state index is 11.0. The van der Waals surface area contributed by atoms with Crippen LogP contribution < -0.4 is 0 Å². The van der Waals surface area contributed by atoms with E-state index < -0.39 is 5.60 Å². The lowest BCUT2D eigenvalue weighted by atomic mass is 9.82. The molecule has 0 aliphatic rings. The van der Waals surface area contributed by atoms with Crippen LogP contribution in [-0.4, -0.2) is 5.11 Å². The van der Waals surface area contributed by atoms with Crippen molar-refractivity contribution >= 4 is 0 Å². The first-order valence-electron chi connectivity index (χ1n) is 6.08. The molecule has 1 nitrogen and oxygen atoms in total. The number of aryl methyl sites for hydroxylation is 2. The van der Waals surface area contributed by atoms with E-state index in [4.69, 9.17) is 0 Å². The van der Waals surface area contributed by atoms with Crippen molar-refractivity contribution in [3.8, 4) is 0 Å². The summed E-state index contributed by atoms with van der Waals surface area (Å²) < 4.78 is 0. The Kier molecular flexibility index (Phi) is 3.35. The zero-order chi connectivity index (χ0) is 13.2. The fraction of sp³-hybridized carbons (Fsp3) is 0.176. The molecule has 0 atom stereocenters. The molecule has 0 saturated carbocycles. The highest BCUT2D eigenvalue weighted by Crippen LogP contribution is 2.34. The van der Waals surface area contributed by atoms with Gasteiger partial charge in [0.05, 0.1) is 0 Å². The van der Waals surface area contributed by atoms with Gasteiger partial charge < -0.3 is 5.11 Å². The number of benzene rings is 2. The molecule has 0 amide bonds. The van der Waals surface area contributed by atoms with Crippen LogP contribution in [0, 0.1) is 13.8 Å². The first kappa shape index (κ1) is 12.6. The Morgan fingerprint density at radius 1 is 0.889 bits per heavy atom. The van der Waals surface area contributed by atoms with Crippen molar-refractivity contribution in [3.63, 3.8) is 0 Å². The van der Waals surface area contributed by atoms with Crippen LogP contribution >= 0.6 is 0 Å². The lowest BCUT2D eigenvalue weighted by molar-refractivity contribution is 0.133. The Labute approximate surface area is 108 Å². The SMILES string of the molecule is C=CC(O)(c1ccccc1C)c1ccccc1C. The summed E-state index contributed by atoms with van der Waals surface area (Å²) in [5, 5.41) is 11.0. The second-order valence-corrected chi connectivity index (χ2v) is 4.60. The van der Waals surface area contributed by atoms with E-state index in [2.05, 4.69) is 6.58 Å². The highest BCUT2D eigenvalue weighted by Gasteiger charge is 2.30. The third-order valence-electron chi connectivity index (χ3n) is 3.41. The van der Waals surface area contributed by atoms with Gasteiger partial charge in [-0.05, 0) is 36.1 Å². The quantitative estimate of drug-likeness (QED) is 0.808. The molecule has 0 radical (unpaired) electrons. The largest absolute Gasteiger partial charge is 0.377 e. The predicted molar refractivity (Wildman–Crippen MR) is 75.6 cm³/mol. The average Bonchev–Trinajstić information content (AvgIpc) is 2.39. The van der Waals surface area contributed by atoms with E-state index in [0.29, 0.717) is 0 Å². The smallest absolute Gasteiger partial charge is 0.133 e. The van der Waals surface area contributed by atoms with Crippen LogP contribution in [0.15, 0.2) is 61.2 Å². The fourth-order valence-corrected chi connectivity index (χ4v) is 2.37. The zero-order valence-corrected chi connectivity index (χ0v) is 10.9. The molecule has 2 aromatic carbocycles. The van der Waals surface area contributed by atoms with Crippen molar-refractivity contribution in [2.45, 2.75) is 19.4 Å². The van der Waals surface area contributed by atoms with Gasteiger partial charge in [-0.2, -0.15) is 0 Å². The first-order valence-corrected chi connectivity index (χ1v) is 6.08. The summed E-state index contributed by atoms with van der Waals surface area (Å²) in [6.45, 7) is 7.82. The van der Waals surface area contributed by atoms with Crippen molar-refractivity contribution in [2.24, 2.45) is 0 Å². The van der Waals surface area contributed by atoms with E-state index in [1.54, 1.807) is 6.08 Å². The molecular formula is C17H18O. The van der Waals surface area contributed by atoms with Gasteiger partial charge in [0.25, 0.3) is 0 Å². The van der Waals surface area contributed by atoms with E-state index in [0.717, 1.165) is 22.3 Å². The average molecular weight is 238 g/mol. The van der Waals surface area contributed by atoms with Crippen molar-refractivity contribution in [2.75, 3.05) is 0 Å². The van der Waals surface area contributed by atoms with Gasteiger partial charge in [0.2, 0.25) is 0 Å². The molecule has 92 valence electrons. The third kappa shape index (κ3) is 1.98. The molecule has 1 N–H and O–H groups in total. The van der Waals surface area contributed by atoms with Crippen LogP contribution in [0.3, 0.4) is 0 Å². The van der Waals surface area contributed by atoms with E-state index in [1.165, 1.54) is 0 Å². The zero-order valence-electron chi connectivity index (χ0n) is 10.9. The van der Waals surface area contributed by atoms with Crippen molar-refractivity contribution in [1.29, 1.82) is 0 Å². The number of aliphatic hydroxyl groups is 1. The Balaban J connectivity index is 2.67. The van der Waals surface area contributed by atoms with Gasteiger partial charge in [-0.15, -0.1) is 0 Å². The molecule has 0 fully saturated rings. The Bertz CT molecular complexity index is 524. The summed E-state index contributed by atoms with van der Waals surface area (Å²) in [7, 11) is 0. The standard InChI is InChI=1S/C17H18O/c1-4-17(18,15-11-7-5-9-13(15)2)16-12-8-6-10-14(16)3/h4-12,18H,1H2,2-3H3. The minimum Gasteiger partial charge on any atom is -0.377 e. The summed E-state index contributed by atoms with van der Waals surface area (Å²) in [5.41, 5.74) is 2.76. The summed E-state index contributed by atoms with van der Waals surface area (Å²) in [6.07, 6.45) is 1.61. The minimum absolute atomic E-state index is 0.884. The van der Waals surface area contributed by atoms with Gasteiger partial charge in [-0.3, -0.25) is 0 Å². The highest BCUT2D eigenvalue weighted by molar-refractivity contribution is 5.46.